The van der Waals surface area contributed by atoms with Crippen molar-refractivity contribution in [3.05, 3.63) is 75.9 Å². The summed E-state index contributed by atoms with van der Waals surface area (Å²) in [4.78, 5) is 12.1. The Labute approximate surface area is 163 Å². The van der Waals surface area contributed by atoms with E-state index in [1.807, 2.05) is 0 Å². The van der Waals surface area contributed by atoms with Crippen LogP contribution in [0.2, 0.25) is 5.02 Å². The molecule has 8 heteroatoms. The van der Waals surface area contributed by atoms with Gasteiger partial charge in [-0.2, -0.15) is 4.31 Å². The van der Waals surface area contributed by atoms with E-state index in [1.54, 1.807) is 43.3 Å². The van der Waals surface area contributed by atoms with Crippen LogP contribution in [0.4, 0.5) is 4.39 Å². The van der Waals surface area contributed by atoms with Crippen LogP contribution >= 0.6 is 11.6 Å². The molecule has 0 unspecified atom stereocenters. The lowest BCUT2D eigenvalue weighted by atomic mass is 10.2. The number of likely N-dealkylation sites (N-methyl/N-ethyl adjacent to an activating group) is 1. The molecule has 0 bridgehead atoms. The predicted molar refractivity (Wildman–Crippen MR) is 105 cm³/mol. The Bertz CT molecular complexity index is 898. The highest BCUT2D eigenvalue weighted by Gasteiger charge is 2.20. The average molecular weight is 411 g/mol. The largest absolute Gasteiger partial charge is 0.351 e. The van der Waals surface area contributed by atoms with E-state index in [0.717, 1.165) is 15.3 Å². The van der Waals surface area contributed by atoms with Crippen LogP contribution in [0, 0.1) is 5.82 Å². The summed E-state index contributed by atoms with van der Waals surface area (Å²) in [5, 5.41) is 4.25. The van der Waals surface area contributed by atoms with E-state index in [1.165, 1.54) is 18.2 Å². The Morgan fingerprint density at radius 3 is 2.37 bits per heavy atom. The molecular formula is C19H20ClFN2O3S. The van der Waals surface area contributed by atoms with Crippen LogP contribution in [0.5, 0.6) is 0 Å². The van der Waals surface area contributed by atoms with Crippen molar-refractivity contribution >= 4 is 33.6 Å². The van der Waals surface area contributed by atoms with Crippen molar-refractivity contribution in [3.8, 4) is 0 Å². The summed E-state index contributed by atoms with van der Waals surface area (Å²) in [6.07, 6.45) is 1.45. The van der Waals surface area contributed by atoms with E-state index in [-0.39, 0.29) is 25.5 Å². The molecule has 0 saturated heterocycles. The normalized spacial score (nSPS) is 11.9. The smallest absolute Gasteiger partial charge is 0.236 e. The van der Waals surface area contributed by atoms with Crippen LogP contribution in [0.25, 0.3) is 6.08 Å². The number of halogens is 2. The second kappa shape index (κ2) is 9.64. The van der Waals surface area contributed by atoms with E-state index in [2.05, 4.69) is 5.32 Å². The molecule has 0 aliphatic heterocycles. The fourth-order valence-corrected chi connectivity index (χ4v) is 3.51. The number of rotatable bonds is 8. The molecule has 27 heavy (non-hydrogen) atoms. The van der Waals surface area contributed by atoms with Crippen LogP contribution in [0.1, 0.15) is 18.1 Å². The van der Waals surface area contributed by atoms with Crippen molar-refractivity contribution in [2.45, 2.75) is 13.5 Å². The van der Waals surface area contributed by atoms with Crippen LogP contribution in [-0.2, 0) is 21.4 Å². The summed E-state index contributed by atoms with van der Waals surface area (Å²) in [6, 6.07) is 12.4. The third-order valence-corrected chi connectivity index (χ3v) is 5.58. The van der Waals surface area contributed by atoms with E-state index < -0.39 is 15.9 Å². The van der Waals surface area contributed by atoms with Gasteiger partial charge in [-0.1, -0.05) is 42.8 Å². The third kappa shape index (κ3) is 6.78. The summed E-state index contributed by atoms with van der Waals surface area (Å²) in [5.41, 5.74) is 1.40. The SMILES string of the molecule is CCN(CC(=O)NCc1ccc(F)cc1)S(=O)(=O)C=Cc1ccc(Cl)cc1. The van der Waals surface area contributed by atoms with Gasteiger partial charge in [0.2, 0.25) is 15.9 Å². The summed E-state index contributed by atoms with van der Waals surface area (Å²) < 4.78 is 38.8. The quantitative estimate of drug-likeness (QED) is 0.725. The third-order valence-electron chi connectivity index (χ3n) is 3.74. The van der Waals surface area contributed by atoms with Crippen LogP contribution in [0.3, 0.4) is 0 Å². The van der Waals surface area contributed by atoms with E-state index in [9.17, 15) is 17.6 Å². The summed E-state index contributed by atoms with van der Waals surface area (Å²) >= 11 is 5.80. The second-order valence-electron chi connectivity index (χ2n) is 5.73. The molecule has 0 saturated carbocycles. The molecule has 1 N–H and O–H groups in total. The maximum atomic E-state index is 12.9. The van der Waals surface area contributed by atoms with Crippen LogP contribution < -0.4 is 5.32 Å². The van der Waals surface area contributed by atoms with Gasteiger partial charge in [-0.3, -0.25) is 4.79 Å². The van der Waals surface area contributed by atoms with Gasteiger partial charge in [0, 0.05) is 23.5 Å². The predicted octanol–water partition coefficient (Wildman–Crippen LogP) is 3.42. The standard InChI is InChI=1S/C19H20ClFN2O3S/c1-2-23(14-19(24)22-13-16-5-9-18(21)10-6-16)27(25,26)12-11-15-3-7-17(20)8-4-15/h3-12H,2,13-14H2,1H3,(H,22,24). The molecule has 2 aromatic rings. The molecule has 0 heterocycles. The first-order valence-corrected chi connectivity index (χ1v) is 10.1. The number of sulfonamides is 1. The molecule has 2 rings (SSSR count). The highest BCUT2D eigenvalue weighted by Crippen LogP contribution is 2.12. The monoisotopic (exact) mass is 410 g/mol. The van der Waals surface area contributed by atoms with Crippen molar-refractivity contribution in [1.29, 1.82) is 0 Å². The molecule has 0 spiro atoms. The Hall–Kier alpha value is -2.22. The van der Waals surface area contributed by atoms with Gasteiger partial charge in [0.15, 0.2) is 0 Å². The zero-order valence-electron chi connectivity index (χ0n) is 14.7. The number of hydrogen-bond donors (Lipinski definition) is 1. The lowest BCUT2D eigenvalue weighted by Crippen LogP contribution is -2.39. The van der Waals surface area contributed by atoms with Crippen molar-refractivity contribution in [3.63, 3.8) is 0 Å². The highest BCUT2D eigenvalue weighted by atomic mass is 35.5. The van der Waals surface area contributed by atoms with Gasteiger partial charge in [0.05, 0.1) is 6.54 Å². The van der Waals surface area contributed by atoms with Gasteiger partial charge in [-0.15, -0.1) is 0 Å². The van der Waals surface area contributed by atoms with Crippen molar-refractivity contribution < 1.29 is 17.6 Å². The minimum absolute atomic E-state index is 0.150. The molecular weight excluding hydrogens is 391 g/mol. The Morgan fingerprint density at radius 2 is 1.78 bits per heavy atom. The van der Waals surface area contributed by atoms with Crippen LogP contribution in [-0.4, -0.2) is 31.7 Å². The lowest BCUT2D eigenvalue weighted by molar-refractivity contribution is -0.121. The van der Waals surface area contributed by atoms with E-state index in [0.29, 0.717) is 10.6 Å². The molecule has 5 nitrogen and oxygen atoms in total. The molecule has 2 aromatic carbocycles. The Balaban J connectivity index is 1.96. The highest BCUT2D eigenvalue weighted by molar-refractivity contribution is 7.92. The zero-order chi connectivity index (χ0) is 19.9. The fraction of sp³-hybridized carbons (Fsp3) is 0.211. The number of carbonyl (C=O) groups is 1. The Morgan fingerprint density at radius 1 is 1.15 bits per heavy atom. The molecule has 0 aromatic heterocycles. The first-order valence-electron chi connectivity index (χ1n) is 8.25. The van der Waals surface area contributed by atoms with Gasteiger partial charge in [-0.05, 0) is 41.5 Å². The van der Waals surface area contributed by atoms with Crippen molar-refractivity contribution in [2.75, 3.05) is 13.1 Å². The van der Waals surface area contributed by atoms with Gasteiger partial charge >= 0.3 is 0 Å². The number of nitrogens with one attached hydrogen (secondary N) is 1. The summed E-state index contributed by atoms with van der Waals surface area (Å²) in [7, 11) is -3.76. The molecule has 0 radical (unpaired) electrons. The molecule has 0 aliphatic rings. The maximum absolute atomic E-state index is 12.9. The minimum Gasteiger partial charge on any atom is -0.351 e. The topological polar surface area (TPSA) is 66.5 Å². The number of benzene rings is 2. The first-order chi connectivity index (χ1) is 12.8. The summed E-state index contributed by atoms with van der Waals surface area (Å²) in [6.45, 7) is 1.69. The fourth-order valence-electron chi connectivity index (χ4n) is 2.23. The van der Waals surface area contributed by atoms with E-state index in [4.69, 9.17) is 11.6 Å². The number of amides is 1. The van der Waals surface area contributed by atoms with Gasteiger partial charge in [0.1, 0.15) is 5.82 Å². The molecule has 1 amide bonds. The minimum atomic E-state index is -3.76. The second-order valence-corrected chi connectivity index (χ2v) is 7.98. The lowest BCUT2D eigenvalue weighted by Gasteiger charge is -2.17. The average Bonchev–Trinajstić information content (AvgIpc) is 2.65. The van der Waals surface area contributed by atoms with E-state index >= 15 is 0 Å². The molecule has 144 valence electrons. The van der Waals surface area contributed by atoms with Crippen molar-refractivity contribution in [2.24, 2.45) is 0 Å². The van der Waals surface area contributed by atoms with Crippen molar-refractivity contribution in [1.82, 2.24) is 9.62 Å². The molecule has 0 fully saturated rings. The maximum Gasteiger partial charge on any atom is 0.236 e. The van der Waals surface area contributed by atoms with Crippen LogP contribution in [0.15, 0.2) is 53.9 Å². The van der Waals surface area contributed by atoms with Gasteiger partial charge in [0.25, 0.3) is 0 Å². The first kappa shape index (κ1) is 21.1. The van der Waals surface area contributed by atoms with Gasteiger partial charge in [-0.25, -0.2) is 12.8 Å². The molecule has 0 aliphatic carbocycles. The van der Waals surface area contributed by atoms with Gasteiger partial charge < -0.3 is 5.32 Å². The molecule has 0 atom stereocenters. The Kier molecular flexibility index (Phi) is 7.53. The number of hydrogen-bond acceptors (Lipinski definition) is 3. The summed E-state index contributed by atoms with van der Waals surface area (Å²) in [5.74, 6) is -0.801. The number of carbonyl (C=O) groups excluding carboxylic acids is 1. The zero-order valence-corrected chi connectivity index (χ0v) is 16.3. The number of nitrogens with zero attached hydrogens (tertiary/aromatic N) is 1.